The second-order valence-corrected chi connectivity index (χ2v) is 6.11. The van der Waals surface area contributed by atoms with Crippen molar-refractivity contribution in [1.29, 1.82) is 0 Å². The molecule has 1 amide bonds. The lowest BCUT2D eigenvalue weighted by atomic mass is 10.1. The van der Waals surface area contributed by atoms with Gasteiger partial charge in [-0.2, -0.15) is 0 Å². The molecule has 4 nitrogen and oxygen atoms in total. The number of rotatable bonds is 4. The maximum Gasteiger partial charge on any atom is 0.254 e. The summed E-state index contributed by atoms with van der Waals surface area (Å²) in [7, 11) is 0. The Morgan fingerprint density at radius 1 is 1.12 bits per heavy atom. The summed E-state index contributed by atoms with van der Waals surface area (Å²) in [5.74, 6) is 0.105. The van der Waals surface area contributed by atoms with Crippen molar-refractivity contribution in [3.05, 3.63) is 72.1 Å². The molecule has 3 rings (SSSR count). The summed E-state index contributed by atoms with van der Waals surface area (Å²) < 4.78 is 0. The van der Waals surface area contributed by atoms with Gasteiger partial charge in [0.15, 0.2) is 0 Å². The zero-order valence-electron chi connectivity index (χ0n) is 13.9. The third-order valence-electron chi connectivity index (χ3n) is 4.40. The highest BCUT2D eigenvalue weighted by molar-refractivity contribution is 5.94. The molecule has 1 aromatic heterocycles. The minimum absolute atomic E-state index is 0.105. The van der Waals surface area contributed by atoms with Crippen molar-refractivity contribution < 1.29 is 4.79 Å². The van der Waals surface area contributed by atoms with Gasteiger partial charge in [0.05, 0.1) is 0 Å². The van der Waals surface area contributed by atoms with E-state index in [4.69, 9.17) is 0 Å². The van der Waals surface area contributed by atoms with E-state index in [1.54, 1.807) is 24.5 Å². The van der Waals surface area contributed by atoms with Crippen LogP contribution in [0.4, 0.5) is 0 Å². The number of aromatic nitrogens is 1. The van der Waals surface area contributed by atoms with Gasteiger partial charge < -0.3 is 4.90 Å². The first-order valence-corrected chi connectivity index (χ1v) is 8.39. The van der Waals surface area contributed by atoms with Crippen molar-refractivity contribution >= 4 is 12.0 Å². The van der Waals surface area contributed by atoms with Crippen molar-refractivity contribution in [2.45, 2.75) is 13.0 Å². The fraction of sp³-hybridized carbons (Fsp3) is 0.300. The number of hydrogen-bond donors (Lipinski definition) is 0. The first kappa shape index (κ1) is 16.4. The number of amides is 1. The van der Waals surface area contributed by atoms with Crippen LogP contribution in [-0.4, -0.2) is 46.9 Å². The summed E-state index contributed by atoms with van der Waals surface area (Å²) >= 11 is 0. The molecule has 24 heavy (non-hydrogen) atoms. The van der Waals surface area contributed by atoms with Crippen molar-refractivity contribution in [3.63, 3.8) is 0 Å². The molecule has 0 saturated carbocycles. The lowest BCUT2D eigenvalue weighted by Gasteiger charge is -2.22. The van der Waals surface area contributed by atoms with Crippen molar-refractivity contribution in [1.82, 2.24) is 14.8 Å². The van der Waals surface area contributed by atoms with Gasteiger partial charge in [-0.3, -0.25) is 14.7 Å². The SMILES string of the molecule is C=Cc1cccc(CN2CCCN(C(=O)c3ccncc3)CC2)c1. The molecule has 1 aliphatic heterocycles. The number of pyridine rings is 1. The standard InChI is InChI=1S/C20H23N3O/c1-2-17-5-3-6-18(15-17)16-22-11-4-12-23(14-13-22)20(24)19-7-9-21-10-8-19/h2-3,5-10,15H,1,4,11-14,16H2. The van der Waals surface area contributed by atoms with Crippen LogP contribution < -0.4 is 0 Å². The number of benzene rings is 1. The number of hydrogen-bond acceptors (Lipinski definition) is 3. The number of carbonyl (C=O) groups is 1. The molecule has 1 fully saturated rings. The van der Waals surface area contributed by atoms with E-state index in [-0.39, 0.29) is 5.91 Å². The third kappa shape index (κ3) is 4.09. The molecule has 0 aliphatic carbocycles. The van der Waals surface area contributed by atoms with E-state index in [2.05, 4.69) is 40.7 Å². The topological polar surface area (TPSA) is 36.4 Å². The molecule has 4 heteroatoms. The molecule has 1 aromatic carbocycles. The maximum absolute atomic E-state index is 12.6. The normalized spacial score (nSPS) is 15.8. The van der Waals surface area contributed by atoms with Crippen molar-refractivity contribution in [2.24, 2.45) is 0 Å². The van der Waals surface area contributed by atoms with Crippen LogP contribution in [0, 0.1) is 0 Å². The molecule has 2 heterocycles. The summed E-state index contributed by atoms with van der Waals surface area (Å²) in [6.45, 7) is 8.23. The maximum atomic E-state index is 12.6. The second kappa shape index (κ2) is 7.88. The molecule has 2 aromatic rings. The summed E-state index contributed by atoms with van der Waals surface area (Å²) in [4.78, 5) is 20.9. The molecular formula is C20H23N3O. The highest BCUT2D eigenvalue weighted by atomic mass is 16.2. The Morgan fingerprint density at radius 3 is 2.75 bits per heavy atom. The Balaban J connectivity index is 1.60. The smallest absolute Gasteiger partial charge is 0.254 e. The minimum Gasteiger partial charge on any atom is -0.337 e. The van der Waals surface area contributed by atoms with Crippen LogP contribution >= 0.6 is 0 Å². The first-order valence-electron chi connectivity index (χ1n) is 8.39. The minimum atomic E-state index is 0.105. The molecule has 124 valence electrons. The van der Waals surface area contributed by atoms with E-state index in [1.165, 1.54) is 5.56 Å². The molecule has 0 bridgehead atoms. The van der Waals surface area contributed by atoms with Crippen LogP contribution in [-0.2, 0) is 6.54 Å². The summed E-state index contributed by atoms with van der Waals surface area (Å²) in [6, 6.07) is 12.0. The van der Waals surface area contributed by atoms with Crippen LogP contribution in [0.2, 0.25) is 0 Å². The monoisotopic (exact) mass is 321 g/mol. The molecule has 0 spiro atoms. The van der Waals surface area contributed by atoms with Crippen molar-refractivity contribution in [3.8, 4) is 0 Å². The first-order chi connectivity index (χ1) is 11.8. The zero-order valence-corrected chi connectivity index (χ0v) is 13.9. The van der Waals surface area contributed by atoms with Gasteiger partial charge >= 0.3 is 0 Å². The molecule has 0 atom stereocenters. The molecule has 0 unspecified atom stereocenters. The number of nitrogens with zero attached hydrogens (tertiary/aromatic N) is 3. The van der Waals surface area contributed by atoms with Gasteiger partial charge in [-0.15, -0.1) is 0 Å². The average molecular weight is 321 g/mol. The predicted molar refractivity (Wildman–Crippen MR) is 96.6 cm³/mol. The second-order valence-electron chi connectivity index (χ2n) is 6.11. The highest BCUT2D eigenvalue weighted by Crippen LogP contribution is 2.13. The number of carbonyl (C=O) groups excluding carboxylic acids is 1. The van der Waals surface area contributed by atoms with Crippen LogP contribution in [0.5, 0.6) is 0 Å². The van der Waals surface area contributed by atoms with E-state index in [0.29, 0.717) is 0 Å². The van der Waals surface area contributed by atoms with Crippen LogP contribution in [0.3, 0.4) is 0 Å². The van der Waals surface area contributed by atoms with E-state index < -0.39 is 0 Å². The van der Waals surface area contributed by atoms with Crippen molar-refractivity contribution in [2.75, 3.05) is 26.2 Å². The van der Waals surface area contributed by atoms with E-state index in [0.717, 1.165) is 50.3 Å². The lowest BCUT2D eigenvalue weighted by Crippen LogP contribution is -2.35. The van der Waals surface area contributed by atoms with Gasteiger partial charge in [-0.25, -0.2) is 0 Å². The largest absolute Gasteiger partial charge is 0.337 e. The predicted octanol–water partition coefficient (Wildman–Crippen LogP) is 3.07. The summed E-state index contributed by atoms with van der Waals surface area (Å²) in [5, 5.41) is 0. The Labute approximate surface area is 143 Å². The summed E-state index contributed by atoms with van der Waals surface area (Å²) in [6.07, 6.45) is 6.22. The molecule has 0 radical (unpaired) electrons. The Kier molecular flexibility index (Phi) is 5.39. The highest BCUT2D eigenvalue weighted by Gasteiger charge is 2.20. The summed E-state index contributed by atoms with van der Waals surface area (Å²) in [5.41, 5.74) is 3.16. The Morgan fingerprint density at radius 2 is 1.96 bits per heavy atom. The lowest BCUT2D eigenvalue weighted by molar-refractivity contribution is 0.0761. The van der Waals surface area contributed by atoms with Crippen LogP contribution in [0.15, 0.2) is 55.4 Å². The van der Waals surface area contributed by atoms with E-state index >= 15 is 0 Å². The van der Waals surface area contributed by atoms with Crippen LogP contribution in [0.25, 0.3) is 6.08 Å². The molecule has 1 aliphatic rings. The fourth-order valence-corrected chi connectivity index (χ4v) is 3.09. The van der Waals surface area contributed by atoms with Gasteiger partial charge in [0.25, 0.3) is 5.91 Å². The molecule has 1 saturated heterocycles. The van der Waals surface area contributed by atoms with Gasteiger partial charge in [-0.05, 0) is 29.7 Å². The quantitative estimate of drug-likeness (QED) is 0.868. The molecular weight excluding hydrogens is 298 g/mol. The zero-order chi connectivity index (χ0) is 16.8. The van der Waals surface area contributed by atoms with E-state index in [9.17, 15) is 4.79 Å². The third-order valence-corrected chi connectivity index (χ3v) is 4.40. The van der Waals surface area contributed by atoms with Gasteiger partial charge in [0.1, 0.15) is 0 Å². The van der Waals surface area contributed by atoms with Gasteiger partial charge in [0, 0.05) is 50.7 Å². The Hall–Kier alpha value is -2.46. The fourth-order valence-electron chi connectivity index (χ4n) is 3.09. The molecule has 0 N–H and O–H groups in total. The Bertz CT molecular complexity index is 699. The van der Waals surface area contributed by atoms with Gasteiger partial charge in [-0.1, -0.05) is 36.9 Å². The van der Waals surface area contributed by atoms with E-state index in [1.807, 2.05) is 11.0 Å². The average Bonchev–Trinajstić information content (AvgIpc) is 2.87. The van der Waals surface area contributed by atoms with Gasteiger partial charge in [0.2, 0.25) is 0 Å². The van der Waals surface area contributed by atoms with Crippen LogP contribution in [0.1, 0.15) is 27.9 Å².